The number of hydrogen-bond donors (Lipinski definition) is 1. The molecule has 1 N–H and O–H groups in total. The Bertz CT molecular complexity index is 882. The molecule has 3 nitrogen and oxygen atoms in total. The van der Waals surface area contributed by atoms with E-state index in [2.05, 4.69) is 28.4 Å². The molecule has 1 saturated carbocycles. The Morgan fingerprint density at radius 3 is 2.48 bits per heavy atom. The van der Waals surface area contributed by atoms with E-state index in [1.165, 1.54) is 23.1 Å². The zero-order valence-electron chi connectivity index (χ0n) is 16.9. The normalized spacial score (nSPS) is 22.4. The number of likely N-dealkylation sites (tertiary alicyclic amines) is 1. The van der Waals surface area contributed by atoms with E-state index in [4.69, 9.17) is 0 Å². The van der Waals surface area contributed by atoms with Crippen LogP contribution in [0, 0.1) is 11.7 Å². The monoisotopic (exact) mass is 392 g/mol. The number of benzene rings is 2. The molecule has 4 heteroatoms. The lowest BCUT2D eigenvalue weighted by Crippen LogP contribution is -2.35. The minimum Gasteiger partial charge on any atom is -0.326 e. The first-order valence-electron chi connectivity index (χ1n) is 11.1. The van der Waals surface area contributed by atoms with E-state index in [0.717, 1.165) is 57.4 Å². The Kier molecular flexibility index (Phi) is 5.13. The number of aryl methyl sites for hydroxylation is 1. The van der Waals surface area contributed by atoms with Gasteiger partial charge in [0.05, 0.1) is 0 Å². The smallest absolute Gasteiger partial charge is 0.227 e. The Morgan fingerprint density at radius 1 is 1.00 bits per heavy atom. The fraction of sp³-hybridized carbons (Fsp3) is 0.480. The molecule has 29 heavy (non-hydrogen) atoms. The standard InChI is InChI=1S/C25H29FN2O/c26-22-8-5-17(6-9-22)18-11-13-28(14-12-18)16-21-4-1-19-7-10-23(15-24(19)21)27-25(29)20-2-3-20/h5-10,15,18,20-21H,1-4,11-14,16H2,(H,27,29). The zero-order valence-corrected chi connectivity index (χ0v) is 16.9. The summed E-state index contributed by atoms with van der Waals surface area (Å²) in [7, 11) is 0. The molecule has 0 spiro atoms. The van der Waals surface area contributed by atoms with Crippen LogP contribution in [0.15, 0.2) is 42.5 Å². The van der Waals surface area contributed by atoms with Crippen LogP contribution in [0.4, 0.5) is 10.1 Å². The molecule has 2 aliphatic carbocycles. The summed E-state index contributed by atoms with van der Waals surface area (Å²) in [5.74, 6) is 1.37. The van der Waals surface area contributed by atoms with Gasteiger partial charge in [0.1, 0.15) is 5.82 Å². The number of carbonyl (C=O) groups excluding carboxylic acids is 1. The van der Waals surface area contributed by atoms with E-state index in [1.807, 2.05) is 12.1 Å². The number of fused-ring (bicyclic) bond motifs is 1. The van der Waals surface area contributed by atoms with Crippen molar-refractivity contribution in [2.24, 2.45) is 5.92 Å². The molecule has 0 bridgehead atoms. The first-order valence-corrected chi connectivity index (χ1v) is 11.1. The lowest BCUT2D eigenvalue weighted by Gasteiger charge is -2.34. The van der Waals surface area contributed by atoms with Gasteiger partial charge < -0.3 is 10.2 Å². The van der Waals surface area contributed by atoms with Gasteiger partial charge in [-0.15, -0.1) is 0 Å². The van der Waals surface area contributed by atoms with Gasteiger partial charge in [-0.05, 0) is 104 Å². The predicted octanol–water partition coefficient (Wildman–Crippen LogP) is 5.08. The second-order valence-electron chi connectivity index (χ2n) is 9.04. The van der Waals surface area contributed by atoms with Gasteiger partial charge in [-0.3, -0.25) is 4.79 Å². The molecule has 1 aliphatic heterocycles. The van der Waals surface area contributed by atoms with E-state index < -0.39 is 0 Å². The number of piperidine rings is 1. The molecule has 0 aromatic heterocycles. The summed E-state index contributed by atoms with van der Waals surface area (Å²) >= 11 is 0. The van der Waals surface area contributed by atoms with Crippen molar-refractivity contribution in [2.75, 3.05) is 25.0 Å². The van der Waals surface area contributed by atoms with Crippen molar-refractivity contribution >= 4 is 11.6 Å². The van der Waals surface area contributed by atoms with E-state index in [-0.39, 0.29) is 17.6 Å². The maximum atomic E-state index is 13.2. The minimum atomic E-state index is -0.154. The Balaban J connectivity index is 1.19. The molecule has 1 saturated heterocycles. The van der Waals surface area contributed by atoms with Crippen LogP contribution < -0.4 is 5.32 Å². The highest BCUT2D eigenvalue weighted by Gasteiger charge is 2.31. The van der Waals surface area contributed by atoms with Crippen LogP contribution in [-0.4, -0.2) is 30.4 Å². The molecule has 1 unspecified atom stereocenters. The van der Waals surface area contributed by atoms with Crippen LogP contribution in [-0.2, 0) is 11.2 Å². The largest absolute Gasteiger partial charge is 0.326 e. The Labute approximate surface area is 172 Å². The Morgan fingerprint density at radius 2 is 1.76 bits per heavy atom. The number of nitrogens with one attached hydrogen (secondary N) is 1. The van der Waals surface area contributed by atoms with Crippen molar-refractivity contribution in [3.05, 3.63) is 65.0 Å². The second kappa shape index (κ2) is 7.91. The molecule has 1 amide bonds. The molecule has 1 heterocycles. The van der Waals surface area contributed by atoms with Crippen LogP contribution >= 0.6 is 0 Å². The van der Waals surface area contributed by atoms with Crippen LogP contribution in [0.1, 0.15) is 60.6 Å². The molecule has 3 aliphatic rings. The lowest BCUT2D eigenvalue weighted by atomic mass is 9.89. The summed E-state index contributed by atoms with van der Waals surface area (Å²) in [5, 5.41) is 3.11. The highest BCUT2D eigenvalue weighted by molar-refractivity contribution is 5.94. The fourth-order valence-electron chi connectivity index (χ4n) is 5.04. The van der Waals surface area contributed by atoms with Gasteiger partial charge in [0.15, 0.2) is 0 Å². The number of nitrogens with zero attached hydrogens (tertiary/aromatic N) is 1. The third-order valence-electron chi connectivity index (χ3n) is 6.97. The summed E-state index contributed by atoms with van der Waals surface area (Å²) in [6.07, 6.45) is 6.70. The summed E-state index contributed by atoms with van der Waals surface area (Å²) in [5.41, 5.74) is 5.11. The number of carbonyl (C=O) groups is 1. The number of anilines is 1. The van der Waals surface area contributed by atoms with Crippen molar-refractivity contribution in [3.8, 4) is 0 Å². The van der Waals surface area contributed by atoms with E-state index >= 15 is 0 Å². The molecule has 0 radical (unpaired) electrons. The van der Waals surface area contributed by atoms with Gasteiger partial charge in [0.25, 0.3) is 0 Å². The SMILES string of the molecule is O=C(Nc1ccc2c(c1)C(CN1CCC(c3ccc(F)cc3)CC1)CC2)C1CC1. The summed E-state index contributed by atoms with van der Waals surface area (Å²) in [4.78, 5) is 14.7. The third kappa shape index (κ3) is 4.23. The maximum Gasteiger partial charge on any atom is 0.227 e. The van der Waals surface area contributed by atoms with Gasteiger partial charge in [-0.2, -0.15) is 0 Å². The van der Waals surface area contributed by atoms with Crippen molar-refractivity contribution in [2.45, 2.75) is 50.4 Å². The van der Waals surface area contributed by atoms with Gasteiger partial charge >= 0.3 is 0 Å². The van der Waals surface area contributed by atoms with Crippen LogP contribution in [0.2, 0.25) is 0 Å². The molecular weight excluding hydrogens is 363 g/mol. The van der Waals surface area contributed by atoms with E-state index in [1.54, 1.807) is 12.1 Å². The maximum absolute atomic E-state index is 13.2. The average molecular weight is 393 g/mol. The molecule has 2 fully saturated rings. The highest BCUT2D eigenvalue weighted by Crippen LogP contribution is 2.37. The number of hydrogen-bond acceptors (Lipinski definition) is 2. The van der Waals surface area contributed by atoms with Crippen molar-refractivity contribution in [1.29, 1.82) is 0 Å². The van der Waals surface area contributed by atoms with Crippen molar-refractivity contribution in [3.63, 3.8) is 0 Å². The van der Waals surface area contributed by atoms with E-state index in [9.17, 15) is 9.18 Å². The quantitative estimate of drug-likeness (QED) is 0.769. The number of halogens is 1. The molecule has 5 rings (SSSR count). The summed E-state index contributed by atoms with van der Waals surface area (Å²) < 4.78 is 13.2. The highest BCUT2D eigenvalue weighted by atomic mass is 19.1. The van der Waals surface area contributed by atoms with Crippen LogP contribution in [0.3, 0.4) is 0 Å². The molecular formula is C25H29FN2O. The predicted molar refractivity (Wildman–Crippen MR) is 114 cm³/mol. The first kappa shape index (κ1) is 18.8. The number of amides is 1. The third-order valence-corrected chi connectivity index (χ3v) is 6.97. The molecule has 2 aromatic carbocycles. The minimum absolute atomic E-state index is 0.154. The van der Waals surface area contributed by atoms with Crippen LogP contribution in [0.5, 0.6) is 0 Å². The van der Waals surface area contributed by atoms with Crippen molar-refractivity contribution < 1.29 is 9.18 Å². The van der Waals surface area contributed by atoms with Gasteiger partial charge in [0, 0.05) is 18.2 Å². The van der Waals surface area contributed by atoms with Gasteiger partial charge in [0.2, 0.25) is 5.91 Å². The lowest BCUT2D eigenvalue weighted by molar-refractivity contribution is -0.117. The fourth-order valence-corrected chi connectivity index (χ4v) is 5.04. The molecule has 2 aromatic rings. The average Bonchev–Trinajstić information content (AvgIpc) is 3.52. The molecule has 1 atom stereocenters. The number of rotatable bonds is 5. The van der Waals surface area contributed by atoms with E-state index in [0.29, 0.717) is 11.8 Å². The summed E-state index contributed by atoms with van der Waals surface area (Å²) in [6.45, 7) is 3.31. The van der Waals surface area contributed by atoms with Gasteiger partial charge in [-0.1, -0.05) is 18.2 Å². The van der Waals surface area contributed by atoms with Crippen molar-refractivity contribution in [1.82, 2.24) is 4.90 Å². The topological polar surface area (TPSA) is 32.3 Å². The summed E-state index contributed by atoms with van der Waals surface area (Å²) in [6, 6.07) is 13.5. The van der Waals surface area contributed by atoms with Crippen LogP contribution in [0.25, 0.3) is 0 Å². The van der Waals surface area contributed by atoms with Gasteiger partial charge in [-0.25, -0.2) is 4.39 Å². The Hall–Kier alpha value is -2.20. The second-order valence-corrected chi connectivity index (χ2v) is 9.04. The molecule has 152 valence electrons. The zero-order chi connectivity index (χ0) is 19.8. The first-order chi connectivity index (χ1) is 14.2.